The van der Waals surface area contributed by atoms with Crippen LogP contribution in [0.4, 0.5) is 11.4 Å². The maximum atomic E-state index is 11.1. The second-order valence-corrected chi connectivity index (χ2v) is 3.91. The van der Waals surface area contributed by atoms with Gasteiger partial charge in [-0.15, -0.1) is 0 Å². The first-order chi connectivity index (χ1) is 8.65. The Hall–Kier alpha value is -2.21. The molecular weight excluding hydrogens is 234 g/mol. The van der Waals surface area contributed by atoms with Gasteiger partial charge in [0.2, 0.25) is 0 Å². The Morgan fingerprint density at radius 1 is 1.44 bits per heavy atom. The first-order valence-electron chi connectivity index (χ1n) is 5.49. The highest BCUT2D eigenvalue weighted by Crippen LogP contribution is 2.33. The van der Waals surface area contributed by atoms with Crippen molar-refractivity contribution in [2.75, 3.05) is 25.1 Å². The molecule has 0 spiro atoms. The van der Waals surface area contributed by atoms with Crippen LogP contribution >= 0.6 is 0 Å². The smallest absolute Gasteiger partial charge is 0.311 e. The van der Waals surface area contributed by atoms with Gasteiger partial charge in [0.05, 0.1) is 17.0 Å². The second kappa shape index (κ2) is 4.97. The monoisotopic (exact) mass is 247 g/mol. The minimum Gasteiger partial charge on any atom is -0.395 e. The van der Waals surface area contributed by atoms with E-state index < -0.39 is 4.92 Å². The van der Waals surface area contributed by atoms with Crippen LogP contribution in [0.5, 0.6) is 0 Å². The van der Waals surface area contributed by atoms with E-state index in [0.29, 0.717) is 23.1 Å². The Balaban J connectivity index is 2.70. The number of fused-ring (bicyclic) bond motifs is 1. The molecule has 1 heterocycles. The SMILES string of the molecule is CN(CCO)c1c([N+](=O)[O-])cnc2ccccc12. The summed E-state index contributed by atoms with van der Waals surface area (Å²) in [5, 5.41) is 20.7. The number of para-hydroxylation sites is 1. The first kappa shape index (κ1) is 12.3. The molecule has 6 nitrogen and oxygen atoms in total. The molecule has 0 saturated heterocycles. The number of aliphatic hydroxyl groups is 1. The van der Waals surface area contributed by atoms with Crippen molar-refractivity contribution in [1.82, 2.24) is 4.98 Å². The summed E-state index contributed by atoms with van der Waals surface area (Å²) < 4.78 is 0. The first-order valence-corrected chi connectivity index (χ1v) is 5.49. The van der Waals surface area contributed by atoms with Crippen molar-refractivity contribution in [3.05, 3.63) is 40.6 Å². The largest absolute Gasteiger partial charge is 0.395 e. The van der Waals surface area contributed by atoms with Gasteiger partial charge in [0.1, 0.15) is 11.9 Å². The lowest BCUT2D eigenvalue weighted by atomic mass is 10.1. The maximum absolute atomic E-state index is 11.1. The van der Waals surface area contributed by atoms with Crippen LogP contribution < -0.4 is 4.90 Å². The molecule has 1 aromatic heterocycles. The van der Waals surface area contributed by atoms with Crippen molar-refractivity contribution < 1.29 is 10.0 Å². The lowest BCUT2D eigenvalue weighted by Gasteiger charge is -2.19. The van der Waals surface area contributed by atoms with E-state index in [2.05, 4.69) is 4.98 Å². The van der Waals surface area contributed by atoms with E-state index in [1.165, 1.54) is 6.20 Å². The molecule has 0 bridgehead atoms. The van der Waals surface area contributed by atoms with Gasteiger partial charge in [-0.1, -0.05) is 18.2 Å². The molecule has 0 saturated carbocycles. The van der Waals surface area contributed by atoms with E-state index in [-0.39, 0.29) is 12.3 Å². The molecule has 0 amide bonds. The highest BCUT2D eigenvalue weighted by molar-refractivity contribution is 5.96. The van der Waals surface area contributed by atoms with Crippen LogP contribution in [0.25, 0.3) is 10.9 Å². The van der Waals surface area contributed by atoms with E-state index in [1.54, 1.807) is 24.1 Å². The topological polar surface area (TPSA) is 79.5 Å². The zero-order valence-corrected chi connectivity index (χ0v) is 9.91. The molecular formula is C12H13N3O3. The van der Waals surface area contributed by atoms with Crippen LogP contribution in [0.2, 0.25) is 0 Å². The molecule has 0 unspecified atom stereocenters. The number of pyridine rings is 1. The highest BCUT2D eigenvalue weighted by Gasteiger charge is 2.20. The van der Waals surface area contributed by atoms with Gasteiger partial charge in [-0.05, 0) is 6.07 Å². The zero-order valence-electron chi connectivity index (χ0n) is 9.91. The molecule has 0 aliphatic rings. The summed E-state index contributed by atoms with van der Waals surface area (Å²) in [6, 6.07) is 7.23. The zero-order chi connectivity index (χ0) is 13.1. The Morgan fingerprint density at radius 2 is 2.17 bits per heavy atom. The highest BCUT2D eigenvalue weighted by atomic mass is 16.6. The molecule has 0 radical (unpaired) electrons. The fraction of sp³-hybridized carbons (Fsp3) is 0.250. The molecule has 94 valence electrons. The van der Waals surface area contributed by atoms with E-state index >= 15 is 0 Å². The van der Waals surface area contributed by atoms with Crippen molar-refractivity contribution in [2.24, 2.45) is 0 Å². The average Bonchev–Trinajstić information content (AvgIpc) is 2.37. The number of nitro groups is 1. The fourth-order valence-electron chi connectivity index (χ4n) is 1.91. The number of anilines is 1. The van der Waals surface area contributed by atoms with E-state index in [4.69, 9.17) is 5.11 Å². The minimum absolute atomic E-state index is 0.0512. The number of aliphatic hydroxyl groups excluding tert-OH is 1. The van der Waals surface area contributed by atoms with Crippen molar-refractivity contribution in [1.29, 1.82) is 0 Å². The van der Waals surface area contributed by atoms with Crippen molar-refractivity contribution in [2.45, 2.75) is 0 Å². The van der Waals surface area contributed by atoms with Crippen LogP contribution in [-0.2, 0) is 0 Å². The van der Waals surface area contributed by atoms with Gasteiger partial charge >= 0.3 is 5.69 Å². The summed E-state index contributed by atoms with van der Waals surface area (Å²) in [7, 11) is 1.71. The molecule has 1 N–H and O–H groups in total. The van der Waals surface area contributed by atoms with Crippen molar-refractivity contribution in [3.63, 3.8) is 0 Å². The predicted octanol–water partition coefficient (Wildman–Crippen LogP) is 1.57. The standard InChI is InChI=1S/C12H13N3O3/c1-14(6-7-16)12-9-4-2-3-5-10(9)13-8-11(12)15(17)18/h2-5,8,16H,6-7H2,1H3. The van der Waals surface area contributed by atoms with Gasteiger partial charge in [0, 0.05) is 19.0 Å². The summed E-state index contributed by atoms with van der Waals surface area (Å²) in [4.78, 5) is 16.3. The molecule has 0 aliphatic heterocycles. The fourth-order valence-corrected chi connectivity index (χ4v) is 1.91. The van der Waals surface area contributed by atoms with Crippen LogP contribution in [0.15, 0.2) is 30.5 Å². The van der Waals surface area contributed by atoms with Gasteiger partial charge in [-0.3, -0.25) is 10.1 Å². The van der Waals surface area contributed by atoms with Gasteiger partial charge in [-0.2, -0.15) is 0 Å². The van der Waals surface area contributed by atoms with E-state index in [9.17, 15) is 10.1 Å². The number of hydrogen-bond acceptors (Lipinski definition) is 5. The van der Waals surface area contributed by atoms with Crippen LogP contribution in [0.3, 0.4) is 0 Å². The quantitative estimate of drug-likeness (QED) is 0.655. The minimum atomic E-state index is -0.456. The Morgan fingerprint density at radius 3 is 2.83 bits per heavy atom. The number of aromatic nitrogens is 1. The number of benzene rings is 1. The summed E-state index contributed by atoms with van der Waals surface area (Å²) >= 11 is 0. The molecule has 2 rings (SSSR count). The number of nitrogens with zero attached hydrogens (tertiary/aromatic N) is 3. The van der Waals surface area contributed by atoms with Crippen LogP contribution in [0.1, 0.15) is 0 Å². The van der Waals surface area contributed by atoms with Crippen molar-refractivity contribution in [3.8, 4) is 0 Å². The lowest BCUT2D eigenvalue weighted by Crippen LogP contribution is -2.22. The number of rotatable bonds is 4. The summed E-state index contributed by atoms with van der Waals surface area (Å²) in [5.41, 5.74) is 1.13. The number of hydrogen-bond donors (Lipinski definition) is 1. The van der Waals surface area contributed by atoms with Gasteiger partial charge < -0.3 is 10.0 Å². The summed E-state index contributed by atoms with van der Waals surface area (Å²) in [6.45, 7) is 0.263. The predicted molar refractivity (Wildman–Crippen MR) is 68.8 cm³/mol. The maximum Gasteiger partial charge on any atom is 0.311 e. The molecule has 1 aromatic carbocycles. The molecule has 2 aromatic rings. The van der Waals surface area contributed by atoms with Crippen LogP contribution in [0, 0.1) is 10.1 Å². The average molecular weight is 247 g/mol. The Kier molecular flexibility index (Phi) is 3.38. The van der Waals surface area contributed by atoms with Gasteiger partial charge in [0.15, 0.2) is 0 Å². The third-order valence-corrected chi connectivity index (χ3v) is 2.74. The number of likely N-dealkylation sites (N-methyl/N-ethyl adjacent to an activating group) is 1. The van der Waals surface area contributed by atoms with Gasteiger partial charge in [-0.25, -0.2) is 4.98 Å². The van der Waals surface area contributed by atoms with E-state index in [1.807, 2.05) is 12.1 Å². The third kappa shape index (κ3) is 2.10. The Bertz CT molecular complexity index is 586. The molecule has 0 aliphatic carbocycles. The normalized spacial score (nSPS) is 10.6. The van der Waals surface area contributed by atoms with Gasteiger partial charge in [0.25, 0.3) is 0 Å². The molecule has 0 fully saturated rings. The van der Waals surface area contributed by atoms with Crippen molar-refractivity contribution >= 4 is 22.3 Å². The summed E-state index contributed by atoms with van der Waals surface area (Å²) in [5.74, 6) is 0. The molecule has 0 atom stereocenters. The molecule has 6 heteroatoms. The van der Waals surface area contributed by atoms with Crippen LogP contribution in [-0.4, -0.2) is 35.2 Å². The third-order valence-electron chi connectivity index (χ3n) is 2.74. The molecule has 18 heavy (non-hydrogen) atoms. The lowest BCUT2D eigenvalue weighted by molar-refractivity contribution is -0.384. The Labute approximate surface area is 104 Å². The summed E-state index contributed by atoms with van der Waals surface area (Å²) in [6.07, 6.45) is 1.26. The second-order valence-electron chi connectivity index (χ2n) is 3.91. The van der Waals surface area contributed by atoms with E-state index in [0.717, 1.165) is 0 Å².